The van der Waals surface area contributed by atoms with Gasteiger partial charge in [0.05, 0.1) is 5.60 Å². The van der Waals surface area contributed by atoms with Crippen molar-refractivity contribution < 1.29 is 9.47 Å². The summed E-state index contributed by atoms with van der Waals surface area (Å²) in [7, 11) is 3.56. The highest BCUT2D eigenvalue weighted by Crippen LogP contribution is 2.23. The van der Waals surface area contributed by atoms with Gasteiger partial charge in [-0.25, -0.2) is 0 Å². The monoisotopic (exact) mass is 422 g/mol. The maximum absolute atomic E-state index is 5.71. The van der Waals surface area contributed by atoms with Gasteiger partial charge in [0.2, 0.25) is 0 Å². The maximum Gasteiger partial charge on any atom is 0.191 e. The normalized spacial score (nSPS) is 17.6. The Morgan fingerprint density at radius 2 is 1.95 bits per heavy atom. The summed E-state index contributed by atoms with van der Waals surface area (Å²) >= 11 is 0. The van der Waals surface area contributed by atoms with Gasteiger partial charge < -0.3 is 24.7 Å². The van der Waals surface area contributed by atoms with Crippen molar-refractivity contribution in [1.29, 1.82) is 0 Å². The van der Waals surface area contributed by atoms with Gasteiger partial charge >= 0.3 is 0 Å². The van der Waals surface area contributed by atoms with E-state index < -0.39 is 0 Å². The number of guanidine groups is 1. The van der Waals surface area contributed by atoms with Crippen LogP contribution in [0.4, 0.5) is 0 Å². The number of hydrogen-bond acceptors (Lipinski definition) is 3. The lowest BCUT2D eigenvalue weighted by Gasteiger charge is -2.36. The molecule has 7 heteroatoms. The summed E-state index contributed by atoms with van der Waals surface area (Å²) in [5.41, 5.74) is -0.143. The summed E-state index contributed by atoms with van der Waals surface area (Å²) in [6.45, 7) is 4.01. The predicted octanol–water partition coefficient (Wildman–Crippen LogP) is 1.47. The van der Waals surface area contributed by atoms with Crippen LogP contribution < -0.4 is 10.6 Å². The van der Waals surface area contributed by atoms with E-state index in [0.717, 1.165) is 51.6 Å². The molecule has 1 fully saturated rings. The van der Waals surface area contributed by atoms with E-state index in [0.29, 0.717) is 0 Å². The third-order valence-electron chi connectivity index (χ3n) is 3.97. The number of aliphatic imine (C=N–C) groups is 1. The van der Waals surface area contributed by atoms with Gasteiger partial charge in [0.15, 0.2) is 5.96 Å². The van der Waals surface area contributed by atoms with E-state index in [4.69, 9.17) is 9.47 Å². The molecule has 1 aromatic heterocycles. The third kappa shape index (κ3) is 5.77. The van der Waals surface area contributed by atoms with Gasteiger partial charge in [-0.05, 0) is 12.1 Å². The minimum absolute atomic E-state index is 0. The van der Waals surface area contributed by atoms with Crippen molar-refractivity contribution in [3.05, 3.63) is 24.5 Å². The van der Waals surface area contributed by atoms with E-state index in [1.165, 1.54) is 0 Å². The van der Waals surface area contributed by atoms with Crippen LogP contribution in [0.25, 0.3) is 0 Å². The highest BCUT2D eigenvalue weighted by atomic mass is 127. The van der Waals surface area contributed by atoms with Crippen molar-refractivity contribution in [1.82, 2.24) is 15.2 Å². The van der Waals surface area contributed by atoms with Crippen LogP contribution in [0.3, 0.4) is 0 Å². The van der Waals surface area contributed by atoms with E-state index >= 15 is 0 Å². The number of ether oxygens (including phenoxy) is 2. The molecule has 6 nitrogen and oxygen atoms in total. The molecule has 2 N–H and O–H groups in total. The van der Waals surface area contributed by atoms with E-state index in [9.17, 15) is 0 Å². The number of rotatable bonds is 6. The number of halogens is 1. The Bertz CT molecular complexity index is 431. The Morgan fingerprint density at radius 3 is 2.55 bits per heavy atom. The van der Waals surface area contributed by atoms with E-state index in [2.05, 4.69) is 32.6 Å². The van der Waals surface area contributed by atoms with E-state index in [1.807, 2.05) is 12.1 Å². The lowest BCUT2D eigenvalue weighted by molar-refractivity contribution is -0.0855. The second-order valence-electron chi connectivity index (χ2n) is 5.27. The van der Waals surface area contributed by atoms with Gasteiger partial charge in [0.1, 0.15) is 0 Å². The smallest absolute Gasteiger partial charge is 0.191 e. The molecule has 126 valence electrons. The summed E-state index contributed by atoms with van der Waals surface area (Å²) in [5.74, 6) is 0.810. The predicted molar refractivity (Wildman–Crippen MR) is 99.0 cm³/mol. The van der Waals surface area contributed by atoms with Crippen LogP contribution in [0.15, 0.2) is 29.5 Å². The first-order valence-electron chi connectivity index (χ1n) is 7.46. The Morgan fingerprint density at radius 1 is 1.27 bits per heavy atom. The van der Waals surface area contributed by atoms with Crippen LogP contribution >= 0.6 is 24.0 Å². The highest BCUT2D eigenvalue weighted by Gasteiger charge is 2.32. The Labute approximate surface area is 149 Å². The van der Waals surface area contributed by atoms with Crippen LogP contribution in [0.1, 0.15) is 12.8 Å². The molecule has 0 radical (unpaired) electrons. The van der Waals surface area contributed by atoms with Crippen molar-refractivity contribution in [2.24, 2.45) is 4.99 Å². The summed E-state index contributed by atoms with van der Waals surface area (Å²) in [6, 6.07) is 4.06. The third-order valence-corrected chi connectivity index (χ3v) is 3.97. The van der Waals surface area contributed by atoms with Crippen molar-refractivity contribution in [2.45, 2.75) is 25.0 Å². The molecule has 1 saturated heterocycles. The van der Waals surface area contributed by atoms with Crippen LogP contribution in [-0.2, 0) is 16.0 Å². The minimum Gasteiger partial charge on any atom is -0.381 e. The first-order valence-corrected chi connectivity index (χ1v) is 7.46. The quantitative estimate of drug-likeness (QED) is 0.414. The lowest BCUT2D eigenvalue weighted by atomic mass is 9.94. The topological polar surface area (TPSA) is 59.8 Å². The molecular formula is C15H27IN4O2. The van der Waals surface area contributed by atoms with Gasteiger partial charge in [0.25, 0.3) is 0 Å². The number of nitrogens with one attached hydrogen (secondary N) is 2. The molecular weight excluding hydrogens is 395 g/mol. The van der Waals surface area contributed by atoms with Gasteiger partial charge in [-0.1, -0.05) is 0 Å². The zero-order valence-electron chi connectivity index (χ0n) is 13.4. The largest absolute Gasteiger partial charge is 0.381 e. The van der Waals surface area contributed by atoms with E-state index in [1.54, 1.807) is 14.2 Å². The number of aromatic nitrogens is 1. The molecule has 0 unspecified atom stereocenters. The first kappa shape index (κ1) is 19.2. The van der Waals surface area contributed by atoms with Gasteiger partial charge in [-0.3, -0.25) is 4.99 Å². The van der Waals surface area contributed by atoms with Gasteiger partial charge in [0, 0.05) is 72.2 Å². The standard InChI is InChI=1S/C15H26N4O2.HI/c1-16-14(17-7-10-19-8-3-4-9-19)18-13-15(20-2)5-11-21-12-6-15;/h3-4,8-9H,5-7,10-13H2,1-2H3,(H2,16,17,18);1H. The summed E-state index contributed by atoms with van der Waals surface area (Å²) in [6.07, 6.45) is 5.94. The Balaban J connectivity index is 0.00000242. The molecule has 0 bridgehead atoms. The number of nitrogens with zero attached hydrogens (tertiary/aromatic N) is 2. The molecule has 0 spiro atoms. The molecule has 0 saturated carbocycles. The average molecular weight is 422 g/mol. The zero-order valence-corrected chi connectivity index (χ0v) is 15.7. The Hall–Kier alpha value is -0.800. The van der Waals surface area contributed by atoms with Crippen LogP contribution in [0.5, 0.6) is 0 Å². The lowest BCUT2D eigenvalue weighted by Crippen LogP contribution is -2.51. The molecule has 1 aliphatic heterocycles. The molecule has 22 heavy (non-hydrogen) atoms. The van der Waals surface area contributed by atoms with Crippen molar-refractivity contribution >= 4 is 29.9 Å². The molecule has 1 aromatic rings. The zero-order chi connectivity index (χ0) is 15.0. The maximum atomic E-state index is 5.71. The fraction of sp³-hybridized carbons (Fsp3) is 0.667. The molecule has 0 aliphatic carbocycles. The number of hydrogen-bond donors (Lipinski definition) is 2. The van der Waals surface area contributed by atoms with Crippen molar-refractivity contribution in [3.63, 3.8) is 0 Å². The SMILES string of the molecule is CN=C(NCCn1cccc1)NCC1(OC)CCOCC1.I. The molecule has 2 rings (SSSR count). The van der Waals surface area contributed by atoms with Crippen LogP contribution in [0.2, 0.25) is 0 Å². The van der Waals surface area contributed by atoms with Gasteiger partial charge in [-0.2, -0.15) is 0 Å². The first-order chi connectivity index (χ1) is 10.3. The molecule has 0 atom stereocenters. The summed E-state index contributed by atoms with van der Waals surface area (Å²) in [5, 5.41) is 6.68. The van der Waals surface area contributed by atoms with Crippen LogP contribution in [0, 0.1) is 0 Å². The fourth-order valence-corrected chi connectivity index (χ4v) is 2.48. The molecule has 0 amide bonds. The molecule has 2 heterocycles. The van der Waals surface area contributed by atoms with Gasteiger partial charge in [-0.15, -0.1) is 24.0 Å². The fourth-order valence-electron chi connectivity index (χ4n) is 2.48. The summed E-state index contributed by atoms with van der Waals surface area (Å²) < 4.78 is 13.3. The summed E-state index contributed by atoms with van der Waals surface area (Å²) in [4.78, 5) is 4.26. The Kier molecular flexibility index (Phi) is 8.81. The van der Waals surface area contributed by atoms with E-state index in [-0.39, 0.29) is 29.6 Å². The second-order valence-corrected chi connectivity index (χ2v) is 5.27. The highest BCUT2D eigenvalue weighted by molar-refractivity contribution is 14.0. The van der Waals surface area contributed by atoms with Crippen LogP contribution in [-0.4, -0.2) is 56.6 Å². The average Bonchev–Trinajstić information content (AvgIpc) is 3.05. The molecule has 1 aliphatic rings. The minimum atomic E-state index is -0.143. The van der Waals surface area contributed by atoms with Crippen molar-refractivity contribution in [2.75, 3.05) is 40.5 Å². The number of methoxy groups -OCH3 is 1. The second kappa shape index (κ2) is 10.1. The van der Waals surface area contributed by atoms with Crippen molar-refractivity contribution in [3.8, 4) is 0 Å². The molecule has 0 aromatic carbocycles.